The number of methoxy groups -OCH3 is 1. The summed E-state index contributed by atoms with van der Waals surface area (Å²) in [5.74, 6) is -2.03. The van der Waals surface area contributed by atoms with Crippen molar-refractivity contribution in [3.63, 3.8) is 0 Å². The average molecular weight is 878 g/mol. The van der Waals surface area contributed by atoms with E-state index in [-0.39, 0.29) is 36.1 Å². The van der Waals surface area contributed by atoms with Gasteiger partial charge in [0.05, 0.1) is 70.4 Å². The van der Waals surface area contributed by atoms with Gasteiger partial charge in [0.15, 0.2) is 0 Å². The van der Waals surface area contributed by atoms with Crippen LogP contribution in [0.25, 0.3) is 33.3 Å². The molecule has 8 bridgehead atoms. The van der Waals surface area contributed by atoms with Crippen molar-refractivity contribution in [1.29, 1.82) is 0 Å². The minimum absolute atomic E-state index is 0.0472. The molecule has 2 amide bonds. The molecule has 0 aliphatic carbocycles. The molecule has 16 heteroatoms. The number of unbranched alkanes of at least 4 members (excludes halogenated alkanes) is 1. The first-order chi connectivity index (χ1) is 29.7. The molecule has 4 aliphatic heterocycles. The van der Waals surface area contributed by atoms with Gasteiger partial charge in [-0.25, -0.2) is 9.97 Å². The van der Waals surface area contributed by atoms with Crippen LogP contribution >= 0.6 is 0 Å². The van der Waals surface area contributed by atoms with Crippen LogP contribution in [0.1, 0.15) is 163 Å². The highest BCUT2D eigenvalue weighted by Crippen LogP contribution is 2.45. The van der Waals surface area contributed by atoms with E-state index in [1.165, 1.54) is 12.0 Å². The number of carbonyl (C=O) groups is 3. The summed E-state index contributed by atoms with van der Waals surface area (Å²) >= 11 is 0. The first-order valence-electron chi connectivity index (χ1n) is 21.0. The van der Waals surface area contributed by atoms with E-state index in [1.54, 1.807) is 19.9 Å². The topological polar surface area (TPSA) is 130 Å². The van der Waals surface area contributed by atoms with Gasteiger partial charge in [0.2, 0.25) is 0 Å². The van der Waals surface area contributed by atoms with E-state index in [4.69, 9.17) is 19.4 Å². The number of hydrogen-bond donors (Lipinski definition) is 2. The first kappa shape index (κ1) is 45.3. The van der Waals surface area contributed by atoms with E-state index < -0.39 is 59.9 Å². The van der Waals surface area contributed by atoms with Crippen LogP contribution in [-0.4, -0.2) is 62.4 Å². The fourth-order valence-corrected chi connectivity index (χ4v) is 8.99. The molecule has 4 aliphatic rings. The molecule has 10 nitrogen and oxygen atoms in total. The third kappa shape index (κ3) is 8.41. The van der Waals surface area contributed by atoms with Crippen molar-refractivity contribution in [2.45, 2.75) is 117 Å². The number of hydrogen-bond acceptors (Lipinski definition) is 7. The molecule has 63 heavy (non-hydrogen) atoms. The molecule has 6 heterocycles. The molecular weight excluding hydrogens is 829 g/mol. The summed E-state index contributed by atoms with van der Waals surface area (Å²) in [6.45, 7) is 12.8. The van der Waals surface area contributed by atoms with Gasteiger partial charge in [0.1, 0.15) is 0 Å². The van der Waals surface area contributed by atoms with Crippen molar-refractivity contribution in [2.75, 3.05) is 13.7 Å². The quantitative estimate of drug-likeness (QED) is 0.111. The molecule has 7 rings (SSSR count). The Labute approximate surface area is 360 Å². The number of benzene rings is 1. The zero-order valence-corrected chi connectivity index (χ0v) is 36.3. The standard InChI is InChI=1S/C47H49F6N5O5/c1-9-11-14-58-44(60)40-25(6)35-19-36-30(10-2)22(3)32(54-36)20-37-39(26(7)63-21-27-15-28(46(48,49)50)17-29(16-27)47(51,52)53)24(5)34(55-37)18-33-23(4)31(12-13-38(59)62-8)42(56-33)41(45(58)61)43(40)57-35/h15-20,23,26,31,56-57H,9-14,21H2,1-8H3/t23-,26?,31-/m0/s1. The number of H-pyrrole nitrogens is 2. The lowest BCUT2D eigenvalue weighted by Crippen LogP contribution is -2.41. The van der Waals surface area contributed by atoms with Crippen molar-refractivity contribution < 1.29 is 50.2 Å². The summed E-state index contributed by atoms with van der Waals surface area (Å²) in [6, 6.07) is 6.87. The highest BCUT2D eigenvalue weighted by atomic mass is 19.4. The number of aromatic nitrogens is 4. The highest BCUT2D eigenvalue weighted by molar-refractivity contribution is 6.23. The summed E-state index contributed by atoms with van der Waals surface area (Å²) in [4.78, 5) is 59.8. The number of halogens is 6. The van der Waals surface area contributed by atoms with Crippen LogP contribution in [0, 0.1) is 6.92 Å². The highest BCUT2D eigenvalue weighted by Gasteiger charge is 2.41. The molecular formula is C47H49F6N5O5. The number of nitrogens with zero attached hydrogens (tertiary/aromatic N) is 3. The van der Waals surface area contributed by atoms with Gasteiger partial charge < -0.3 is 19.4 Å². The maximum absolute atomic E-state index is 14.7. The smallest absolute Gasteiger partial charge is 0.416 e. The molecule has 0 radical (unpaired) electrons. The van der Waals surface area contributed by atoms with E-state index in [1.807, 2.05) is 46.8 Å². The summed E-state index contributed by atoms with van der Waals surface area (Å²) in [7, 11) is 1.31. The second-order valence-corrected chi connectivity index (χ2v) is 16.5. The fourth-order valence-electron chi connectivity index (χ4n) is 8.99. The molecule has 3 aromatic rings. The van der Waals surface area contributed by atoms with Gasteiger partial charge in [-0.2, -0.15) is 26.3 Å². The molecule has 0 saturated carbocycles. The van der Waals surface area contributed by atoms with Crippen LogP contribution in [0.5, 0.6) is 0 Å². The minimum atomic E-state index is -5.02. The molecule has 334 valence electrons. The number of esters is 1. The first-order valence-corrected chi connectivity index (χ1v) is 21.0. The van der Waals surface area contributed by atoms with Crippen molar-refractivity contribution in [1.82, 2.24) is 24.8 Å². The van der Waals surface area contributed by atoms with Crippen molar-refractivity contribution in [3.8, 4) is 0 Å². The van der Waals surface area contributed by atoms with Crippen molar-refractivity contribution in [3.05, 3.63) is 104 Å². The SMILES string of the molecule is CCCCN1C(=O)c2c3[nH]c(cc4nc(cc5nc(cc6[nH]c2c(c6C)C1=O)C(CC)=C5C)C(C(C)OCc1cc(C(F)(F)F)cc(C(F)(F)F)c1)=C4C)[C@@H](C)[C@@H]3CCC(=O)OC. The van der Waals surface area contributed by atoms with Crippen LogP contribution in [0.4, 0.5) is 26.3 Å². The number of fused-ring (bicyclic) bond motifs is 8. The molecule has 0 saturated heterocycles. The monoisotopic (exact) mass is 877 g/mol. The van der Waals surface area contributed by atoms with Crippen LogP contribution in [0.3, 0.4) is 0 Å². The third-order valence-electron chi connectivity index (χ3n) is 12.5. The van der Waals surface area contributed by atoms with Crippen LogP contribution in [-0.2, 0) is 33.2 Å². The Morgan fingerprint density at radius 2 is 1.48 bits per heavy atom. The second kappa shape index (κ2) is 17.1. The molecule has 0 fully saturated rings. The fraction of sp³-hybridized carbons (Fsp3) is 0.426. The number of rotatable bonds is 11. The number of nitrogens with one attached hydrogen (secondary N) is 2. The maximum Gasteiger partial charge on any atom is 0.416 e. The number of ether oxygens (including phenoxy) is 2. The Balaban J connectivity index is 1.47. The Kier molecular flexibility index (Phi) is 12.3. The van der Waals surface area contributed by atoms with Crippen LogP contribution in [0.2, 0.25) is 0 Å². The molecule has 2 N–H and O–H groups in total. The van der Waals surface area contributed by atoms with Gasteiger partial charge in [-0.3, -0.25) is 19.3 Å². The average Bonchev–Trinajstić information content (AvgIpc) is 3.91. The predicted octanol–water partition coefficient (Wildman–Crippen LogP) is 11.5. The molecule has 0 spiro atoms. The molecule has 3 atom stereocenters. The Morgan fingerprint density at radius 1 is 0.841 bits per heavy atom. The van der Waals surface area contributed by atoms with Crippen molar-refractivity contribution >= 4 is 51.1 Å². The largest absolute Gasteiger partial charge is 0.469 e. The Bertz CT molecular complexity index is 2640. The Morgan fingerprint density at radius 3 is 2.10 bits per heavy atom. The van der Waals surface area contributed by atoms with Gasteiger partial charge in [0, 0.05) is 47.3 Å². The Hall–Kier alpha value is -5.77. The summed E-state index contributed by atoms with van der Waals surface area (Å²) in [6.07, 6.45) is -8.63. The van der Waals surface area contributed by atoms with Crippen molar-refractivity contribution in [2.24, 2.45) is 0 Å². The zero-order chi connectivity index (χ0) is 45.9. The molecule has 2 aromatic heterocycles. The van der Waals surface area contributed by atoms with E-state index in [2.05, 4.69) is 9.97 Å². The maximum atomic E-state index is 14.7. The van der Waals surface area contributed by atoms with Crippen LogP contribution < -0.4 is 0 Å². The molecule has 1 unspecified atom stereocenters. The molecule has 1 aromatic carbocycles. The van der Waals surface area contributed by atoms with Gasteiger partial charge in [-0.05, 0) is 111 Å². The number of imide groups is 1. The lowest BCUT2D eigenvalue weighted by molar-refractivity contribution is -0.143. The number of carbonyl (C=O) groups excluding carboxylic acids is 3. The van der Waals surface area contributed by atoms with E-state index in [9.17, 15) is 40.7 Å². The van der Waals surface area contributed by atoms with E-state index in [0.29, 0.717) is 98.9 Å². The zero-order valence-electron chi connectivity index (χ0n) is 36.3. The number of aryl methyl sites for hydroxylation is 1. The van der Waals surface area contributed by atoms with Gasteiger partial charge >= 0.3 is 18.3 Å². The summed E-state index contributed by atoms with van der Waals surface area (Å²) < 4.78 is 93.5. The number of amides is 2. The van der Waals surface area contributed by atoms with E-state index in [0.717, 1.165) is 17.6 Å². The lowest BCUT2D eigenvalue weighted by atomic mass is 9.84. The summed E-state index contributed by atoms with van der Waals surface area (Å²) in [5.41, 5.74) is 5.37. The number of allylic oxidation sites excluding steroid dienone is 3. The van der Waals surface area contributed by atoms with Gasteiger partial charge in [-0.1, -0.05) is 27.2 Å². The predicted molar refractivity (Wildman–Crippen MR) is 226 cm³/mol. The van der Waals surface area contributed by atoms with Gasteiger partial charge in [-0.15, -0.1) is 0 Å². The lowest BCUT2D eigenvalue weighted by Gasteiger charge is -2.27. The normalized spacial score (nSPS) is 17.8. The second-order valence-electron chi connectivity index (χ2n) is 16.5. The third-order valence-corrected chi connectivity index (χ3v) is 12.5. The number of aromatic amines is 2. The number of alkyl halides is 6. The summed E-state index contributed by atoms with van der Waals surface area (Å²) in [5, 5.41) is 0. The van der Waals surface area contributed by atoms with Crippen LogP contribution in [0.15, 0.2) is 36.4 Å². The van der Waals surface area contributed by atoms with E-state index >= 15 is 0 Å². The van der Waals surface area contributed by atoms with Gasteiger partial charge in [0.25, 0.3) is 11.8 Å². The minimum Gasteiger partial charge on any atom is -0.469 e.